The van der Waals surface area contributed by atoms with Gasteiger partial charge in [0.15, 0.2) is 0 Å². The minimum Gasteiger partial charge on any atom is -0.496 e. The summed E-state index contributed by atoms with van der Waals surface area (Å²) >= 11 is 0. The van der Waals surface area contributed by atoms with Crippen molar-refractivity contribution in [3.8, 4) is 5.75 Å². The van der Waals surface area contributed by atoms with Gasteiger partial charge in [-0.25, -0.2) is 4.39 Å². The molecule has 25 heavy (non-hydrogen) atoms. The molecule has 0 fully saturated rings. The predicted molar refractivity (Wildman–Crippen MR) is 86.6 cm³/mol. The van der Waals surface area contributed by atoms with Crippen LogP contribution < -0.4 is 10.1 Å². The van der Waals surface area contributed by atoms with Gasteiger partial charge in [-0.05, 0) is 18.2 Å². The zero-order chi connectivity index (χ0) is 18.0. The van der Waals surface area contributed by atoms with Crippen LogP contribution in [0.2, 0.25) is 0 Å². The number of fused-ring (bicyclic) bond motifs is 1. The summed E-state index contributed by atoms with van der Waals surface area (Å²) in [6.45, 7) is -0.290. The van der Waals surface area contributed by atoms with E-state index in [2.05, 4.69) is 5.32 Å². The van der Waals surface area contributed by atoms with Gasteiger partial charge in [0, 0.05) is 12.1 Å². The van der Waals surface area contributed by atoms with Crippen LogP contribution in [0.4, 0.5) is 4.39 Å². The highest BCUT2D eigenvalue weighted by Crippen LogP contribution is 2.25. The number of carbonyl (C=O) groups is 3. The van der Waals surface area contributed by atoms with Crippen LogP contribution in [0.5, 0.6) is 5.75 Å². The summed E-state index contributed by atoms with van der Waals surface area (Å²) < 4.78 is 19.0. The number of nitrogens with one attached hydrogen (secondary N) is 1. The molecule has 7 heteroatoms. The van der Waals surface area contributed by atoms with Crippen molar-refractivity contribution in [2.24, 2.45) is 0 Å². The Balaban J connectivity index is 1.67. The molecule has 2 aromatic rings. The van der Waals surface area contributed by atoms with E-state index in [1.54, 1.807) is 24.3 Å². The molecular weight excluding hydrogens is 327 g/mol. The Morgan fingerprint density at radius 3 is 2.60 bits per heavy atom. The zero-order valence-electron chi connectivity index (χ0n) is 13.4. The third-order valence-electron chi connectivity index (χ3n) is 3.92. The summed E-state index contributed by atoms with van der Waals surface area (Å²) in [5, 5.41) is 2.62. The third-order valence-corrected chi connectivity index (χ3v) is 3.92. The monoisotopic (exact) mass is 342 g/mol. The lowest BCUT2D eigenvalue weighted by Gasteiger charge is -2.14. The first-order valence-electron chi connectivity index (χ1n) is 7.56. The van der Waals surface area contributed by atoms with E-state index in [1.165, 1.54) is 19.2 Å². The predicted octanol–water partition coefficient (Wildman–Crippen LogP) is 1.75. The van der Waals surface area contributed by atoms with Crippen LogP contribution in [0.3, 0.4) is 0 Å². The van der Waals surface area contributed by atoms with E-state index in [-0.39, 0.29) is 17.7 Å². The van der Waals surface area contributed by atoms with Crippen molar-refractivity contribution in [2.45, 2.75) is 6.54 Å². The fraction of sp³-hybridized carbons (Fsp3) is 0.167. The second-order valence-corrected chi connectivity index (χ2v) is 5.45. The molecule has 1 heterocycles. The minimum atomic E-state index is -0.800. The van der Waals surface area contributed by atoms with Gasteiger partial charge in [0.05, 0.1) is 18.2 Å². The second-order valence-electron chi connectivity index (χ2n) is 5.45. The lowest BCUT2D eigenvalue weighted by atomic mass is 10.1. The van der Waals surface area contributed by atoms with Crippen LogP contribution in [-0.2, 0) is 11.3 Å². The Morgan fingerprint density at radius 1 is 1.12 bits per heavy atom. The summed E-state index contributed by atoms with van der Waals surface area (Å²) in [5.74, 6) is -2.16. The number of rotatable bonds is 5. The molecular formula is C18H15FN2O4. The number of hydrogen-bond donors (Lipinski definition) is 1. The Morgan fingerprint density at radius 2 is 1.88 bits per heavy atom. The third kappa shape index (κ3) is 3.08. The fourth-order valence-corrected chi connectivity index (χ4v) is 2.68. The number of para-hydroxylation sites is 1. The summed E-state index contributed by atoms with van der Waals surface area (Å²) in [7, 11) is 1.52. The zero-order valence-corrected chi connectivity index (χ0v) is 13.4. The molecule has 6 nitrogen and oxygen atoms in total. The normalized spacial score (nSPS) is 13.0. The number of hydrogen-bond acceptors (Lipinski definition) is 4. The van der Waals surface area contributed by atoms with Crippen molar-refractivity contribution in [2.75, 3.05) is 13.7 Å². The number of amides is 3. The number of benzene rings is 2. The van der Waals surface area contributed by atoms with Crippen molar-refractivity contribution < 1.29 is 23.5 Å². The SMILES string of the molecule is COc1ccccc1CNC(=O)CN1C(=O)c2cccc(F)c2C1=O. The maximum atomic E-state index is 13.8. The van der Waals surface area contributed by atoms with Gasteiger partial charge in [-0.2, -0.15) is 0 Å². The molecule has 0 aromatic heterocycles. The van der Waals surface area contributed by atoms with Crippen LogP contribution in [-0.4, -0.2) is 36.3 Å². The van der Waals surface area contributed by atoms with Crippen molar-refractivity contribution >= 4 is 17.7 Å². The number of ether oxygens (including phenoxy) is 1. The Kier molecular flexibility index (Phi) is 4.47. The summed E-state index contributed by atoms with van der Waals surface area (Å²) in [6.07, 6.45) is 0. The molecule has 0 unspecified atom stereocenters. The van der Waals surface area contributed by atoms with Crippen LogP contribution in [0.25, 0.3) is 0 Å². The van der Waals surface area contributed by atoms with Crippen LogP contribution >= 0.6 is 0 Å². The highest BCUT2D eigenvalue weighted by Gasteiger charge is 2.38. The van der Waals surface area contributed by atoms with Crippen molar-refractivity contribution in [1.82, 2.24) is 10.2 Å². The molecule has 0 atom stereocenters. The van der Waals surface area contributed by atoms with E-state index in [0.29, 0.717) is 5.75 Å². The van der Waals surface area contributed by atoms with Crippen molar-refractivity contribution in [3.05, 3.63) is 65.0 Å². The average molecular weight is 342 g/mol. The van der Waals surface area contributed by atoms with Gasteiger partial charge < -0.3 is 10.1 Å². The van der Waals surface area contributed by atoms with Gasteiger partial charge in [0.2, 0.25) is 5.91 Å². The molecule has 1 N–H and O–H groups in total. The number of nitrogens with zero attached hydrogens (tertiary/aromatic N) is 1. The first kappa shape index (κ1) is 16.6. The van der Waals surface area contributed by atoms with Gasteiger partial charge >= 0.3 is 0 Å². The van der Waals surface area contributed by atoms with Gasteiger partial charge in [-0.15, -0.1) is 0 Å². The van der Waals surface area contributed by atoms with Gasteiger partial charge in [-0.3, -0.25) is 19.3 Å². The number of carbonyl (C=O) groups excluding carboxylic acids is 3. The molecule has 0 aliphatic carbocycles. The first-order chi connectivity index (χ1) is 12.0. The molecule has 0 radical (unpaired) electrons. The molecule has 3 rings (SSSR count). The molecule has 2 aromatic carbocycles. The second kappa shape index (κ2) is 6.72. The first-order valence-corrected chi connectivity index (χ1v) is 7.56. The van der Waals surface area contributed by atoms with Crippen molar-refractivity contribution in [3.63, 3.8) is 0 Å². The van der Waals surface area contributed by atoms with E-state index in [0.717, 1.165) is 16.5 Å². The topological polar surface area (TPSA) is 75.7 Å². The van der Waals surface area contributed by atoms with E-state index in [4.69, 9.17) is 4.74 Å². The molecule has 1 aliphatic rings. The Bertz CT molecular complexity index is 866. The molecule has 0 saturated carbocycles. The maximum absolute atomic E-state index is 13.8. The van der Waals surface area contributed by atoms with E-state index in [1.807, 2.05) is 0 Å². The summed E-state index contributed by atoms with van der Waals surface area (Å²) in [6, 6.07) is 11.0. The summed E-state index contributed by atoms with van der Waals surface area (Å²) in [4.78, 5) is 37.3. The molecule has 3 amide bonds. The number of methoxy groups -OCH3 is 1. The standard InChI is InChI=1S/C18H15FN2O4/c1-25-14-8-3-2-5-11(14)9-20-15(22)10-21-17(23)12-6-4-7-13(19)16(12)18(21)24/h2-8H,9-10H2,1H3,(H,20,22). The molecule has 0 bridgehead atoms. The van der Waals surface area contributed by atoms with Crippen LogP contribution in [0.15, 0.2) is 42.5 Å². The van der Waals surface area contributed by atoms with Gasteiger partial charge in [0.1, 0.15) is 18.1 Å². The smallest absolute Gasteiger partial charge is 0.265 e. The molecule has 0 saturated heterocycles. The number of imide groups is 1. The van der Waals surface area contributed by atoms with E-state index >= 15 is 0 Å². The quantitative estimate of drug-likeness (QED) is 0.840. The minimum absolute atomic E-state index is 0.0254. The van der Waals surface area contributed by atoms with E-state index in [9.17, 15) is 18.8 Å². The fourth-order valence-electron chi connectivity index (χ4n) is 2.68. The lowest BCUT2D eigenvalue weighted by Crippen LogP contribution is -2.40. The maximum Gasteiger partial charge on any atom is 0.265 e. The Hall–Kier alpha value is -3.22. The largest absolute Gasteiger partial charge is 0.496 e. The van der Waals surface area contributed by atoms with Gasteiger partial charge in [0.25, 0.3) is 11.8 Å². The van der Waals surface area contributed by atoms with E-state index < -0.39 is 30.1 Å². The highest BCUT2D eigenvalue weighted by atomic mass is 19.1. The Labute approximate surface area is 143 Å². The number of halogens is 1. The highest BCUT2D eigenvalue weighted by molar-refractivity contribution is 6.22. The molecule has 0 spiro atoms. The average Bonchev–Trinajstić information content (AvgIpc) is 2.86. The van der Waals surface area contributed by atoms with Crippen molar-refractivity contribution in [1.29, 1.82) is 0 Å². The molecule has 128 valence electrons. The summed E-state index contributed by atoms with van der Waals surface area (Å²) in [5.41, 5.74) is 0.444. The van der Waals surface area contributed by atoms with Crippen LogP contribution in [0, 0.1) is 5.82 Å². The van der Waals surface area contributed by atoms with Crippen LogP contribution in [0.1, 0.15) is 26.3 Å². The molecule has 1 aliphatic heterocycles. The lowest BCUT2D eigenvalue weighted by molar-refractivity contribution is -0.121. The van der Waals surface area contributed by atoms with Gasteiger partial charge in [-0.1, -0.05) is 24.3 Å².